The number of nitrogens with zero attached hydrogens (tertiary/aromatic N) is 3. The molecule has 10 nitrogen and oxygen atoms in total. The first-order valence-electron chi connectivity index (χ1n) is 14.6. The summed E-state index contributed by atoms with van der Waals surface area (Å²) in [4.78, 5) is 34.6. The van der Waals surface area contributed by atoms with Crippen LogP contribution in [0.15, 0.2) is 90.1 Å². The summed E-state index contributed by atoms with van der Waals surface area (Å²) in [5.41, 5.74) is 3.93. The molecule has 1 saturated heterocycles. The predicted molar refractivity (Wildman–Crippen MR) is 170 cm³/mol. The second-order valence-corrected chi connectivity index (χ2v) is 12.5. The second kappa shape index (κ2) is 12.8. The minimum Gasteiger partial charge on any atom is -0.480 e. The Morgan fingerprint density at radius 1 is 1.00 bits per heavy atom. The maximum atomic E-state index is 14.3. The number of hydrogen-bond acceptors (Lipinski definition) is 8. The predicted octanol–water partition coefficient (Wildman–Crippen LogP) is 5.83. The molecule has 0 aliphatic carbocycles. The van der Waals surface area contributed by atoms with E-state index in [1.807, 2.05) is 37.3 Å². The number of sulfonamides is 1. The molecule has 2 aromatic heterocycles. The van der Waals surface area contributed by atoms with Crippen molar-refractivity contribution in [3.8, 4) is 28.1 Å². The Balaban J connectivity index is 1.31. The smallest absolute Gasteiger partial charge is 0.325 e. The lowest BCUT2D eigenvalue weighted by Gasteiger charge is -2.31. The number of halogens is 2. The van der Waals surface area contributed by atoms with Gasteiger partial charge in [-0.05, 0) is 71.6 Å². The number of morpholine rings is 1. The molecular weight excluding hydrogens is 630 g/mol. The van der Waals surface area contributed by atoms with Crippen LogP contribution in [0.25, 0.3) is 33.2 Å². The van der Waals surface area contributed by atoms with Crippen molar-refractivity contribution in [1.29, 1.82) is 0 Å². The van der Waals surface area contributed by atoms with E-state index in [2.05, 4.69) is 14.7 Å². The Kier molecular flexibility index (Phi) is 8.56. The largest absolute Gasteiger partial charge is 0.480 e. The van der Waals surface area contributed by atoms with E-state index < -0.39 is 32.5 Å². The normalized spacial score (nSPS) is 14.9. The van der Waals surface area contributed by atoms with E-state index in [9.17, 15) is 26.8 Å². The summed E-state index contributed by atoms with van der Waals surface area (Å²) in [6, 6.07) is 18.1. The quantitative estimate of drug-likeness (QED) is 0.207. The number of aromatic nitrogens is 2. The number of fused-ring (bicyclic) bond motifs is 1. The van der Waals surface area contributed by atoms with E-state index in [0.29, 0.717) is 41.2 Å². The number of cyclic esters (lactones) is 1. The third-order valence-electron chi connectivity index (χ3n) is 7.77. The van der Waals surface area contributed by atoms with E-state index in [1.165, 1.54) is 24.3 Å². The van der Waals surface area contributed by atoms with Crippen molar-refractivity contribution in [3.63, 3.8) is 0 Å². The van der Waals surface area contributed by atoms with Gasteiger partial charge in [0.25, 0.3) is 15.9 Å². The number of carbonyl (C=O) groups excluding carboxylic acids is 2. The van der Waals surface area contributed by atoms with E-state index in [-0.39, 0.29) is 30.1 Å². The van der Waals surface area contributed by atoms with Gasteiger partial charge in [-0.3, -0.25) is 19.3 Å². The number of nitrogens with one attached hydrogen (secondary N) is 1. The molecule has 0 spiro atoms. The zero-order valence-corrected chi connectivity index (χ0v) is 26.1. The van der Waals surface area contributed by atoms with Crippen molar-refractivity contribution < 1.29 is 36.3 Å². The fourth-order valence-electron chi connectivity index (χ4n) is 5.38. The topological polar surface area (TPSA) is 128 Å². The Bertz CT molecular complexity index is 2130. The van der Waals surface area contributed by atoms with Gasteiger partial charge in [-0.1, -0.05) is 25.1 Å². The summed E-state index contributed by atoms with van der Waals surface area (Å²) in [6.07, 6.45) is 3.47. The van der Waals surface area contributed by atoms with Crippen molar-refractivity contribution in [3.05, 3.63) is 102 Å². The lowest BCUT2D eigenvalue weighted by Crippen LogP contribution is -2.47. The third kappa shape index (κ3) is 6.47. The molecule has 1 amide bonds. The van der Waals surface area contributed by atoms with E-state index in [1.54, 1.807) is 24.4 Å². The third-order valence-corrected chi connectivity index (χ3v) is 9.17. The number of rotatable bonds is 8. The van der Waals surface area contributed by atoms with Crippen LogP contribution in [0.1, 0.15) is 23.7 Å². The van der Waals surface area contributed by atoms with Crippen LogP contribution >= 0.6 is 0 Å². The van der Waals surface area contributed by atoms with Gasteiger partial charge in [-0.15, -0.1) is 0 Å². The fourth-order valence-corrected chi connectivity index (χ4v) is 6.49. The number of ether oxygens (including phenoxy) is 2. The van der Waals surface area contributed by atoms with Gasteiger partial charge >= 0.3 is 5.97 Å². The highest BCUT2D eigenvalue weighted by Gasteiger charge is 2.29. The van der Waals surface area contributed by atoms with Gasteiger partial charge in [0.1, 0.15) is 34.9 Å². The van der Waals surface area contributed by atoms with Gasteiger partial charge in [0.05, 0.1) is 19.2 Å². The number of methoxy groups -OCH3 is 1. The molecule has 0 bridgehead atoms. The summed E-state index contributed by atoms with van der Waals surface area (Å²) < 4.78 is 66.6. The standard InChI is InChI=1S/C34H28F2N4O6S/c1-3-25-18-40(19-32(41)46-25)34(42)21-6-4-20(5-7-21)26-12-13-37-29-10-8-22(14-27(26)29)23-15-30(33(45-2)38-17-23)39-47(43,44)31-11-9-24(35)16-28(31)36/h4-17,25,39H,3,18-19H2,1-2H3. The van der Waals surface area contributed by atoms with Crippen LogP contribution in [0.3, 0.4) is 0 Å². The van der Waals surface area contributed by atoms with Crippen LogP contribution in [-0.2, 0) is 19.6 Å². The molecule has 1 N–H and O–H groups in total. The molecule has 3 aromatic carbocycles. The fraction of sp³-hybridized carbons (Fsp3) is 0.176. The summed E-state index contributed by atoms with van der Waals surface area (Å²) in [6.45, 7) is 2.14. The molecule has 1 aliphatic rings. The van der Waals surface area contributed by atoms with Gasteiger partial charge < -0.3 is 14.4 Å². The molecule has 6 rings (SSSR count). The van der Waals surface area contributed by atoms with Crippen molar-refractivity contribution in [2.75, 3.05) is 24.9 Å². The molecule has 240 valence electrons. The van der Waals surface area contributed by atoms with Gasteiger partial charge in [0.15, 0.2) is 0 Å². The maximum absolute atomic E-state index is 14.3. The van der Waals surface area contributed by atoms with Crippen LogP contribution in [-0.4, -0.2) is 61.5 Å². The SMILES string of the molecule is CCC1CN(C(=O)c2ccc(-c3ccnc4ccc(-c5cnc(OC)c(NS(=O)(=O)c6ccc(F)cc6F)c5)cc34)cc2)CC(=O)O1. The molecule has 1 atom stereocenters. The molecule has 3 heterocycles. The number of hydrogen-bond donors (Lipinski definition) is 1. The second-order valence-electron chi connectivity index (χ2n) is 10.8. The van der Waals surface area contributed by atoms with E-state index in [4.69, 9.17) is 9.47 Å². The number of anilines is 1. The van der Waals surface area contributed by atoms with Gasteiger partial charge in [-0.2, -0.15) is 0 Å². The number of pyridine rings is 2. The van der Waals surface area contributed by atoms with Crippen LogP contribution < -0.4 is 9.46 Å². The molecule has 1 unspecified atom stereocenters. The van der Waals surface area contributed by atoms with E-state index in [0.717, 1.165) is 28.6 Å². The van der Waals surface area contributed by atoms with Crippen LogP contribution in [0.4, 0.5) is 14.5 Å². The molecular formula is C34H28F2N4O6S. The minimum atomic E-state index is -4.47. The van der Waals surface area contributed by atoms with Crippen molar-refractivity contribution in [2.45, 2.75) is 24.3 Å². The highest BCUT2D eigenvalue weighted by molar-refractivity contribution is 7.92. The first kappa shape index (κ1) is 31.5. The molecule has 5 aromatic rings. The molecule has 0 radical (unpaired) electrons. The summed E-state index contributed by atoms with van der Waals surface area (Å²) in [5.74, 6) is -2.88. The Hall–Kier alpha value is -5.43. The lowest BCUT2D eigenvalue weighted by atomic mass is 9.97. The monoisotopic (exact) mass is 658 g/mol. The molecule has 47 heavy (non-hydrogen) atoms. The van der Waals surface area contributed by atoms with Gasteiger partial charge in [0.2, 0.25) is 5.88 Å². The first-order valence-corrected chi connectivity index (χ1v) is 16.0. The minimum absolute atomic E-state index is 0.0484. The summed E-state index contributed by atoms with van der Waals surface area (Å²) >= 11 is 0. The average Bonchev–Trinajstić information content (AvgIpc) is 3.06. The van der Waals surface area contributed by atoms with Crippen LogP contribution in [0.5, 0.6) is 5.88 Å². The Labute approximate surface area is 269 Å². The first-order chi connectivity index (χ1) is 22.6. The van der Waals surface area contributed by atoms with Gasteiger partial charge in [-0.25, -0.2) is 22.2 Å². The van der Waals surface area contributed by atoms with Crippen molar-refractivity contribution in [1.82, 2.24) is 14.9 Å². The summed E-state index contributed by atoms with van der Waals surface area (Å²) in [7, 11) is -3.15. The average molecular weight is 659 g/mol. The molecule has 13 heteroatoms. The number of amides is 1. The van der Waals surface area contributed by atoms with Crippen molar-refractivity contribution in [2.24, 2.45) is 0 Å². The Morgan fingerprint density at radius 2 is 1.77 bits per heavy atom. The highest BCUT2D eigenvalue weighted by atomic mass is 32.2. The van der Waals surface area contributed by atoms with Gasteiger partial charge in [0, 0.05) is 35.0 Å². The molecule has 1 fully saturated rings. The zero-order chi connectivity index (χ0) is 33.3. The lowest BCUT2D eigenvalue weighted by molar-refractivity contribution is -0.156. The highest BCUT2D eigenvalue weighted by Crippen LogP contribution is 2.34. The number of esters is 1. The number of benzene rings is 3. The van der Waals surface area contributed by atoms with Crippen molar-refractivity contribution >= 4 is 38.5 Å². The van der Waals surface area contributed by atoms with Crippen LogP contribution in [0.2, 0.25) is 0 Å². The molecule has 0 saturated carbocycles. The summed E-state index contributed by atoms with van der Waals surface area (Å²) in [5, 5.41) is 0.778. The van der Waals surface area contributed by atoms with E-state index >= 15 is 0 Å². The number of carbonyl (C=O) groups is 2. The molecule has 1 aliphatic heterocycles. The Morgan fingerprint density at radius 3 is 2.49 bits per heavy atom. The maximum Gasteiger partial charge on any atom is 0.325 e. The zero-order valence-electron chi connectivity index (χ0n) is 25.2. The van der Waals surface area contributed by atoms with Crippen LogP contribution in [0, 0.1) is 11.6 Å².